The predicted octanol–water partition coefficient (Wildman–Crippen LogP) is 5.02. The Labute approximate surface area is 132 Å². The van der Waals surface area contributed by atoms with E-state index in [0.717, 1.165) is 16.8 Å². The van der Waals surface area contributed by atoms with Crippen molar-refractivity contribution in [2.45, 2.75) is 47.6 Å². The summed E-state index contributed by atoms with van der Waals surface area (Å²) in [7, 11) is 1.77. The van der Waals surface area contributed by atoms with Crippen molar-refractivity contribution in [3.8, 4) is 5.75 Å². The minimum atomic E-state index is 0.311. The molecule has 0 heterocycles. The highest BCUT2D eigenvalue weighted by Gasteiger charge is 2.27. The quantitative estimate of drug-likeness (QED) is 0.784. The molecule has 0 saturated heterocycles. The fourth-order valence-corrected chi connectivity index (χ4v) is 3.23. The van der Waals surface area contributed by atoms with Crippen LogP contribution in [-0.4, -0.2) is 13.7 Å². The molecule has 114 valence electrons. The summed E-state index contributed by atoms with van der Waals surface area (Å²) in [6, 6.07) is 2.45. The maximum Gasteiger partial charge on any atom is 0.126 e. The van der Waals surface area contributed by atoms with Crippen LogP contribution in [0.3, 0.4) is 0 Å². The van der Waals surface area contributed by atoms with Gasteiger partial charge in [-0.05, 0) is 49.4 Å². The molecule has 1 aromatic carbocycles. The highest BCUT2D eigenvalue weighted by Crippen LogP contribution is 2.40. The molecule has 20 heavy (non-hydrogen) atoms. The molecule has 1 N–H and O–H groups in total. The first-order chi connectivity index (χ1) is 9.34. The van der Waals surface area contributed by atoms with Gasteiger partial charge in [-0.15, -0.1) is 0 Å². The van der Waals surface area contributed by atoms with Gasteiger partial charge in [0.05, 0.1) is 7.11 Å². The van der Waals surface area contributed by atoms with E-state index in [2.05, 4.69) is 68.9 Å². The smallest absolute Gasteiger partial charge is 0.126 e. The van der Waals surface area contributed by atoms with Crippen molar-refractivity contribution in [1.29, 1.82) is 0 Å². The molecule has 2 nitrogen and oxygen atoms in total. The zero-order chi connectivity index (χ0) is 15.4. The average molecular weight is 342 g/mol. The van der Waals surface area contributed by atoms with E-state index >= 15 is 0 Å². The molecule has 0 aliphatic heterocycles. The Morgan fingerprint density at radius 3 is 2.30 bits per heavy atom. The number of benzene rings is 1. The van der Waals surface area contributed by atoms with Crippen LogP contribution in [0.4, 0.5) is 0 Å². The molecule has 3 heteroatoms. The van der Waals surface area contributed by atoms with Crippen molar-refractivity contribution < 1.29 is 4.74 Å². The standard InChI is InChI=1S/C17H28BrNO/c1-8-19-16(12(5)10(2)3)15-13(6)14(18)9-11(4)17(15)20-7/h9-10,12,16,19H,8H2,1-7H3. The van der Waals surface area contributed by atoms with E-state index < -0.39 is 0 Å². The topological polar surface area (TPSA) is 21.3 Å². The monoisotopic (exact) mass is 341 g/mol. The second-order valence-electron chi connectivity index (χ2n) is 5.89. The van der Waals surface area contributed by atoms with E-state index in [9.17, 15) is 0 Å². The SMILES string of the molecule is CCNC(c1c(C)c(Br)cc(C)c1OC)C(C)C(C)C. The maximum absolute atomic E-state index is 5.71. The van der Waals surface area contributed by atoms with Gasteiger partial charge < -0.3 is 10.1 Å². The van der Waals surface area contributed by atoms with Gasteiger partial charge in [0.25, 0.3) is 0 Å². The van der Waals surface area contributed by atoms with Gasteiger partial charge in [-0.25, -0.2) is 0 Å². The fraction of sp³-hybridized carbons (Fsp3) is 0.647. The van der Waals surface area contributed by atoms with E-state index in [1.165, 1.54) is 16.7 Å². The molecule has 0 amide bonds. The molecule has 2 unspecified atom stereocenters. The van der Waals surface area contributed by atoms with Crippen LogP contribution in [-0.2, 0) is 0 Å². The molecular formula is C17H28BrNO. The highest BCUT2D eigenvalue weighted by atomic mass is 79.9. The van der Waals surface area contributed by atoms with E-state index in [1.807, 2.05) is 0 Å². The molecule has 0 bridgehead atoms. The lowest BCUT2D eigenvalue weighted by Gasteiger charge is -2.31. The first-order valence-corrected chi connectivity index (χ1v) is 8.21. The summed E-state index contributed by atoms with van der Waals surface area (Å²) in [6.07, 6.45) is 0. The van der Waals surface area contributed by atoms with Gasteiger partial charge in [-0.3, -0.25) is 0 Å². The number of methoxy groups -OCH3 is 1. The van der Waals surface area contributed by atoms with Crippen molar-refractivity contribution in [2.24, 2.45) is 11.8 Å². The maximum atomic E-state index is 5.71. The summed E-state index contributed by atoms with van der Waals surface area (Å²) in [4.78, 5) is 0. The van der Waals surface area contributed by atoms with E-state index in [-0.39, 0.29) is 0 Å². The van der Waals surface area contributed by atoms with Crippen molar-refractivity contribution in [3.05, 3.63) is 27.2 Å². The number of rotatable bonds is 6. The lowest BCUT2D eigenvalue weighted by atomic mass is 9.83. The van der Waals surface area contributed by atoms with Crippen molar-refractivity contribution >= 4 is 15.9 Å². The largest absolute Gasteiger partial charge is 0.496 e. The van der Waals surface area contributed by atoms with Gasteiger partial charge in [0.15, 0.2) is 0 Å². The van der Waals surface area contributed by atoms with Gasteiger partial charge in [-0.2, -0.15) is 0 Å². The van der Waals surface area contributed by atoms with Gasteiger partial charge in [0, 0.05) is 16.1 Å². The summed E-state index contributed by atoms with van der Waals surface area (Å²) in [5.74, 6) is 2.17. The number of nitrogens with one attached hydrogen (secondary N) is 1. The third-order valence-corrected chi connectivity index (χ3v) is 5.05. The predicted molar refractivity (Wildman–Crippen MR) is 90.6 cm³/mol. The van der Waals surface area contributed by atoms with E-state index in [1.54, 1.807) is 7.11 Å². The van der Waals surface area contributed by atoms with E-state index in [4.69, 9.17) is 4.74 Å². The summed E-state index contributed by atoms with van der Waals surface area (Å²) >= 11 is 3.68. The molecule has 0 fully saturated rings. The van der Waals surface area contributed by atoms with Gasteiger partial charge in [-0.1, -0.05) is 43.6 Å². The van der Waals surface area contributed by atoms with Crippen molar-refractivity contribution in [3.63, 3.8) is 0 Å². The average Bonchev–Trinajstić information content (AvgIpc) is 2.39. The van der Waals surface area contributed by atoms with Gasteiger partial charge in [0.2, 0.25) is 0 Å². The number of ether oxygens (including phenoxy) is 1. The zero-order valence-electron chi connectivity index (χ0n) is 13.8. The first kappa shape index (κ1) is 17.5. The summed E-state index contributed by atoms with van der Waals surface area (Å²) in [5, 5.41) is 3.65. The molecule has 0 spiro atoms. The highest BCUT2D eigenvalue weighted by molar-refractivity contribution is 9.10. The number of halogens is 1. The summed E-state index contributed by atoms with van der Waals surface area (Å²) in [6.45, 7) is 14.3. The Morgan fingerprint density at radius 1 is 1.25 bits per heavy atom. The Balaban J connectivity index is 3.45. The second kappa shape index (κ2) is 7.46. The molecule has 0 radical (unpaired) electrons. The van der Waals surface area contributed by atoms with Gasteiger partial charge >= 0.3 is 0 Å². The Hall–Kier alpha value is -0.540. The number of aryl methyl sites for hydroxylation is 1. The number of hydrogen-bond acceptors (Lipinski definition) is 2. The first-order valence-electron chi connectivity index (χ1n) is 7.42. The van der Waals surface area contributed by atoms with Crippen LogP contribution in [0.2, 0.25) is 0 Å². The molecule has 0 aromatic heterocycles. The summed E-state index contributed by atoms with van der Waals surface area (Å²) < 4.78 is 6.87. The van der Waals surface area contributed by atoms with Crippen LogP contribution in [0.25, 0.3) is 0 Å². The Morgan fingerprint density at radius 2 is 1.85 bits per heavy atom. The molecule has 0 aliphatic rings. The molecule has 0 aliphatic carbocycles. The van der Waals surface area contributed by atoms with Crippen LogP contribution in [0.5, 0.6) is 5.75 Å². The van der Waals surface area contributed by atoms with E-state index in [0.29, 0.717) is 17.9 Å². The van der Waals surface area contributed by atoms with Crippen LogP contribution in [0.1, 0.15) is 50.4 Å². The Kier molecular flexibility index (Phi) is 6.53. The van der Waals surface area contributed by atoms with Crippen molar-refractivity contribution in [2.75, 3.05) is 13.7 Å². The zero-order valence-corrected chi connectivity index (χ0v) is 15.4. The summed E-state index contributed by atoms with van der Waals surface area (Å²) in [5.41, 5.74) is 3.74. The van der Waals surface area contributed by atoms with Crippen LogP contribution in [0, 0.1) is 25.7 Å². The third-order valence-electron chi connectivity index (χ3n) is 4.22. The lowest BCUT2D eigenvalue weighted by molar-refractivity contribution is 0.296. The lowest BCUT2D eigenvalue weighted by Crippen LogP contribution is -2.30. The molecule has 0 saturated carbocycles. The molecule has 1 rings (SSSR count). The third kappa shape index (κ3) is 3.56. The fourth-order valence-electron chi connectivity index (χ4n) is 2.68. The minimum absolute atomic E-state index is 0.311. The Bertz CT molecular complexity index is 457. The van der Waals surface area contributed by atoms with Crippen LogP contribution in [0.15, 0.2) is 10.5 Å². The second-order valence-corrected chi connectivity index (χ2v) is 6.74. The minimum Gasteiger partial charge on any atom is -0.496 e. The number of hydrogen-bond donors (Lipinski definition) is 1. The van der Waals surface area contributed by atoms with Crippen LogP contribution < -0.4 is 10.1 Å². The molecular weight excluding hydrogens is 314 g/mol. The van der Waals surface area contributed by atoms with Crippen molar-refractivity contribution in [1.82, 2.24) is 5.32 Å². The molecule has 1 aromatic rings. The van der Waals surface area contributed by atoms with Crippen LogP contribution >= 0.6 is 15.9 Å². The van der Waals surface area contributed by atoms with Gasteiger partial charge in [0.1, 0.15) is 5.75 Å². The normalized spacial score (nSPS) is 14.4. The molecule has 2 atom stereocenters.